The van der Waals surface area contributed by atoms with Crippen LogP contribution >= 0.6 is 0 Å². The molecular weight excluding hydrogens is 410 g/mol. The number of sulfonamides is 1. The molecule has 6 nitrogen and oxygen atoms in total. The van der Waals surface area contributed by atoms with Crippen LogP contribution in [0.15, 0.2) is 48.5 Å². The van der Waals surface area contributed by atoms with Gasteiger partial charge in [0.2, 0.25) is 15.9 Å². The number of nitrogens with zero attached hydrogens (tertiary/aromatic N) is 2. The molecule has 3 rings (SSSR count). The number of anilines is 2. The number of aryl methyl sites for hydroxylation is 2. The molecule has 0 spiro atoms. The summed E-state index contributed by atoms with van der Waals surface area (Å²) in [5, 5.41) is 2.96. The first-order valence-corrected chi connectivity index (χ1v) is 12.8. The Labute approximate surface area is 186 Å². The van der Waals surface area contributed by atoms with Gasteiger partial charge >= 0.3 is 0 Å². The van der Waals surface area contributed by atoms with Crippen LogP contribution in [0.25, 0.3) is 0 Å². The van der Waals surface area contributed by atoms with Crippen molar-refractivity contribution in [3.05, 3.63) is 59.7 Å². The van der Waals surface area contributed by atoms with Gasteiger partial charge in [0.25, 0.3) is 0 Å². The Morgan fingerprint density at radius 2 is 1.97 bits per heavy atom. The van der Waals surface area contributed by atoms with Gasteiger partial charge in [-0.25, -0.2) is 8.42 Å². The van der Waals surface area contributed by atoms with Gasteiger partial charge in [-0.1, -0.05) is 37.3 Å². The first-order chi connectivity index (χ1) is 14.8. The van der Waals surface area contributed by atoms with Crippen LogP contribution in [0, 0.1) is 6.92 Å². The van der Waals surface area contributed by atoms with Gasteiger partial charge in [-0.15, -0.1) is 0 Å². The third-order valence-electron chi connectivity index (χ3n) is 5.70. The molecular formula is C24H33N3O3S. The zero-order valence-corrected chi connectivity index (χ0v) is 19.5. The van der Waals surface area contributed by atoms with Crippen molar-refractivity contribution < 1.29 is 13.2 Å². The van der Waals surface area contributed by atoms with E-state index in [4.69, 9.17) is 0 Å². The highest BCUT2D eigenvalue weighted by Crippen LogP contribution is 2.26. The minimum Gasteiger partial charge on any atom is -0.371 e. The highest BCUT2D eigenvalue weighted by atomic mass is 32.2. The maximum Gasteiger partial charge on any atom is 0.243 e. The molecule has 1 aliphatic rings. The molecule has 2 aromatic carbocycles. The van der Waals surface area contributed by atoms with Gasteiger partial charge in [0.1, 0.15) is 6.04 Å². The van der Waals surface area contributed by atoms with Crippen molar-refractivity contribution in [3.63, 3.8) is 0 Å². The number of carbonyl (C=O) groups is 1. The third-order valence-corrected chi connectivity index (χ3v) is 6.88. The second kappa shape index (κ2) is 10.2. The van der Waals surface area contributed by atoms with Crippen LogP contribution in [0.1, 0.15) is 37.3 Å². The fourth-order valence-electron chi connectivity index (χ4n) is 4.27. The van der Waals surface area contributed by atoms with E-state index in [1.54, 1.807) is 12.1 Å². The first kappa shape index (κ1) is 23.1. The predicted molar refractivity (Wildman–Crippen MR) is 127 cm³/mol. The molecule has 7 heteroatoms. The van der Waals surface area contributed by atoms with E-state index in [1.165, 1.54) is 15.6 Å². The molecule has 2 aromatic rings. The maximum atomic E-state index is 12.9. The molecule has 0 fully saturated rings. The third kappa shape index (κ3) is 5.79. The van der Waals surface area contributed by atoms with Crippen LogP contribution in [0.2, 0.25) is 0 Å². The maximum absolute atomic E-state index is 12.9. The van der Waals surface area contributed by atoms with Gasteiger partial charge < -0.3 is 10.2 Å². The number of benzene rings is 2. The number of carbonyl (C=O) groups excluding carboxylic acids is 1. The minimum atomic E-state index is -3.61. The molecule has 1 aliphatic heterocycles. The van der Waals surface area contributed by atoms with E-state index in [0.717, 1.165) is 44.2 Å². The van der Waals surface area contributed by atoms with E-state index >= 15 is 0 Å². The van der Waals surface area contributed by atoms with Crippen molar-refractivity contribution in [3.8, 4) is 0 Å². The first-order valence-electron chi connectivity index (χ1n) is 11.0. The summed E-state index contributed by atoms with van der Waals surface area (Å²) in [5.41, 5.74) is 4.14. The summed E-state index contributed by atoms with van der Waals surface area (Å²) >= 11 is 0. The molecule has 31 heavy (non-hydrogen) atoms. The van der Waals surface area contributed by atoms with Gasteiger partial charge in [0.15, 0.2) is 0 Å². The second-order valence-corrected chi connectivity index (χ2v) is 10.0. The summed E-state index contributed by atoms with van der Waals surface area (Å²) in [7, 11) is -3.61. The molecule has 0 aliphatic carbocycles. The number of para-hydroxylation sites is 1. The zero-order chi connectivity index (χ0) is 22.4. The quantitative estimate of drug-likeness (QED) is 0.602. The average molecular weight is 444 g/mol. The van der Waals surface area contributed by atoms with Gasteiger partial charge in [-0.2, -0.15) is 0 Å². The van der Waals surface area contributed by atoms with Crippen molar-refractivity contribution in [2.75, 3.05) is 35.1 Å². The Bertz CT molecular complexity index is 1010. The standard InChI is InChI=1S/C24H33N3O3S/c1-4-22(27(31(3,29)30)21-13-7-10-19(2)18-21)24(28)25-15-9-17-26-16-8-12-20-11-5-6-14-23(20)26/h5-7,10-11,13-14,18,22H,4,8-9,12,15-17H2,1-3H3,(H,25,28). The predicted octanol–water partition coefficient (Wildman–Crippen LogP) is 3.50. The van der Waals surface area contributed by atoms with Crippen molar-refractivity contribution in [1.82, 2.24) is 5.32 Å². The van der Waals surface area contributed by atoms with E-state index in [1.807, 2.05) is 26.0 Å². The molecule has 0 bridgehead atoms. The number of amides is 1. The Hall–Kier alpha value is -2.54. The Morgan fingerprint density at radius 3 is 2.68 bits per heavy atom. The molecule has 0 radical (unpaired) electrons. The molecule has 1 unspecified atom stereocenters. The molecule has 1 amide bonds. The van der Waals surface area contributed by atoms with Crippen LogP contribution in [0.4, 0.5) is 11.4 Å². The molecule has 1 atom stereocenters. The highest BCUT2D eigenvalue weighted by Gasteiger charge is 2.31. The van der Waals surface area contributed by atoms with E-state index in [2.05, 4.69) is 34.5 Å². The summed E-state index contributed by atoms with van der Waals surface area (Å²) in [6.45, 7) is 6.14. The van der Waals surface area contributed by atoms with Crippen LogP contribution in [-0.2, 0) is 21.2 Å². The van der Waals surface area contributed by atoms with Gasteiger partial charge in [0, 0.05) is 25.3 Å². The van der Waals surface area contributed by atoms with E-state index in [0.29, 0.717) is 18.7 Å². The fraction of sp³-hybridized carbons (Fsp3) is 0.458. The highest BCUT2D eigenvalue weighted by molar-refractivity contribution is 7.92. The SMILES string of the molecule is CCC(C(=O)NCCCN1CCCc2ccccc21)N(c1cccc(C)c1)S(C)(=O)=O. The lowest BCUT2D eigenvalue weighted by Crippen LogP contribution is -2.49. The lowest BCUT2D eigenvalue weighted by molar-refractivity contribution is -0.122. The molecule has 1 heterocycles. The Morgan fingerprint density at radius 1 is 1.19 bits per heavy atom. The van der Waals surface area contributed by atoms with E-state index in [-0.39, 0.29) is 5.91 Å². The van der Waals surface area contributed by atoms with Crippen molar-refractivity contribution >= 4 is 27.3 Å². The largest absolute Gasteiger partial charge is 0.371 e. The lowest BCUT2D eigenvalue weighted by Gasteiger charge is -2.32. The Kier molecular flexibility index (Phi) is 7.59. The summed E-state index contributed by atoms with van der Waals surface area (Å²) in [5.74, 6) is -0.256. The number of rotatable bonds is 9. The van der Waals surface area contributed by atoms with Gasteiger partial charge in [-0.3, -0.25) is 9.10 Å². The summed E-state index contributed by atoms with van der Waals surface area (Å²) in [6, 6.07) is 15.0. The summed E-state index contributed by atoms with van der Waals surface area (Å²) in [4.78, 5) is 15.3. The minimum absolute atomic E-state index is 0.256. The van der Waals surface area contributed by atoms with Crippen LogP contribution < -0.4 is 14.5 Å². The molecule has 0 aromatic heterocycles. The normalized spacial score (nSPS) is 14.6. The zero-order valence-electron chi connectivity index (χ0n) is 18.7. The monoisotopic (exact) mass is 443 g/mol. The second-order valence-electron chi connectivity index (χ2n) is 8.19. The van der Waals surface area contributed by atoms with Crippen LogP contribution in [-0.4, -0.2) is 46.3 Å². The van der Waals surface area contributed by atoms with E-state index < -0.39 is 16.1 Å². The van der Waals surface area contributed by atoms with Crippen molar-refractivity contribution in [2.24, 2.45) is 0 Å². The number of hydrogen-bond acceptors (Lipinski definition) is 4. The summed E-state index contributed by atoms with van der Waals surface area (Å²) < 4.78 is 26.3. The van der Waals surface area contributed by atoms with Crippen LogP contribution in [0.5, 0.6) is 0 Å². The molecule has 1 N–H and O–H groups in total. The fourth-order valence-corrected chi connectivity index (χ4v) is 5.47. The number of hydrogen-bond donors (Lipinski definition) is 1. The van der Waals surface area contributed by atoms with Gasteiger partial charge in [-0.05, 0) is 61.9 Å². The van der Waals surface area contributed by atoms with Crippen molar-refractivity contribution in [2.45, 2.75) is 45.6 Å². The number of fused-ring (bicyclic) bond motifs is 1. The molecule has 168 valence electrons. The lowest BCUT2D eigenvalue weighted by atomic mass is 10.0. The smallest absolute Gasteiger partial charge is 0.243 e. The Balaban J connectivity index is 1.62. The summed E-state index contributed by atoms with van der Waals surface area (Å²) in [6.07, 6.45) is 4.61. The van der Waals surface area contributed by atoms with Gasteiger partial charge in [0.05, 0.1) is 11.9 Å². The topological polar surface area (TPSA) is 69.7 Å². The molecule has 0 saturated heterocycles. The number of nitrogens with one attached hydrogen (secondary N) is 1. The van der Waals surface area contributed by atoms with Crippen molar-refractivity contribution in [1.29, 1.82) is 0 Å². The average Bonchev–Trinajstić information content (AvgIpc) is 2.74. The van der Waals surface area contributed by atoms with Crippen LogP contribution in [0.3, 0.4) is 0 Å². The van der Waals surface area contributed by atoms with E-state index in [9.17, 15) is 13.2 Å². The molecule has 0 saturated carbocycles.